The van der Waals surface area contributed by atoms with Gasteiger partial charge >= 0.3 is 0 Å². The molecular weight excluding hydrogens is 268 g/mol. The summed E-state index contributed by atoms with van der Waals surface area (Å²) in [6.07, 6.45) is 0. The number of nitrogen functional groups attached to an aromatic ring is 1. The molecule has 0 aliphatic carbocycles. The average molecular weight is 280 g/mol. The summed E-state index contributed by atoms with van der Waals surface area (Å²) in [6, 6.07) is 18.8. The van der Waals surface area contributed by atoms with E-state index in [-0.39, 0.29) is 5.78 Å². The minimum absolute atomic E-state index is 0.0808. The Balaban J connectivity index is 2.00. The molecule has 0 fully saturated rings. The highest BCUT2D eigenvalue weighted by Crippen LogP contribution is 2.30. The van der Waals surface area contributed by atoms with Crippen LogP contribution in [0.2, 0.25) is 0 Å². The predicted molar refractivity (Wildman–Crippen MR) is 81.8 cm³/mol. The molecule has 1 aromatic heterocycles. The van der Waals surface area contributed by atoms with Gasteiger partial charge in [0.05, 0.1) is 0 Å². The van der Waals surface area contributed by atoms with Gasteiger partial charge in [-0.2, -0.15) is 0 Å². The van der Waals surface area contributed by atoms with E-state index in [1.165, 1.54) is 11.3 Å². The Labute approximate surface area is 120 Å². The molecule has 0 aliphatic heterocycles. The molecule has 1 heterocycles. The van der Waals surface area contributed by atoms with Gasteiger partial charge in [0.25, 0.3) is 0 Å². The molecule has 0 aliphatic rings. The van der Waals surface area contributed by atoms with Crippen molar-refractivity contribution in [2.45, 2.75) is 0 Å². The van der Waals surface area contributed by atoms with Crippen LogP contribution < -0.4 is 5.73 Å². The second-order valence-electron chi connectivity index (χ2n) is 4.29. The van der Waals surface area contributed by atoms with Crippen molar-refractivity contribution in [3.05, 3.63) is 71.1 Å². The number of hydrogen-bond acceptors (Lipinski definition) is 4. The van der Waals surface area contributed by atoms with Gasteiger partial charge in [0.15, 0.2) is 0 Å². The standard InChI is InChI=1S/C16H12N2OS/c17-15-14(13(19)11-7-3-1-4-8-11)20-16(18-15)12-9-5-2-6-10-12/h1-10H,17H2. The first-order valence-corrected chi connectivity index (χ1v) is 6.99. The first kappa shape index (κ1) is 12.6. The topological polar surface area (TPSA) is 56.0 Å². The number of carbonyl (C=O) groups excluding carboxylic acids is 1. The molecule has 3 nitrogen and oxygen atoms in total. The fraction of sp³-hybridized carbons (Fsp3) is 0. The molecule has 0 atom stereocenters. The smallest absolute Gasteiger partial charge is 0.206 e. The van der Waals surface area contributed by atoms with E-state index in [2.05, 4.69) is 4.98 Å². The van der Waals surface area contributed by atoms with Crippen LogP contribution in [-0.4, -0.2) is 10.8 Å². The predicted octanol–water partition coefficient (Wildman–Crippen LogP) is 3.62. The Morgan fingerprint density at radius 1 is 0.950 bits per heavy atom. The third-order valence-corrected chi connectivity index (χ3v) is 4.04. The lowest BCUT2D eigenvalue weighted by atomic mass is 10.1. The monoisotopic (exact) mass is 280 g/mol. The number of nitrogens with zero attached hydrogens (tertiary/aromatic N) is 1. The largest absolute Gasteiger partial charge is 0.382 e. The molecule has 0 radical (unpaired) electrons. The van der Waals surface area contributed by atoms with Crippen molar-refractivity contribution in [1.82, 2.24) is 4.98 Å². The van der Waals surface area contributed by atoms with Gasteiger partial charge in [0, 0.05) is 11.1 Å². The number of thiazole rings is 1. The van der Waals surface area contributed by atoms with Gasteiger partial charge in [0.1, 0.15) is 15.7 Å². The van der Waals surface area contributed by atoms with E-state index in [1.807, 2.05) is 48.5 Å². The van der Waals surface area contributed by atoms with E-state index in [0.29, 0.717) is 16.3 Å². The van der Waals surface area contributed by atoms with E-state index >= 15 is 0 Å². The molecule has 3 rings (SSSR count). The number of rotatable bonds is 3. The lowest BCUT2D eigenvalue weighted by molar-refractivity contribution is 0.104. The summed E-state index contributed by atoms with van der Waals surface area (Å²) >= 11 is 1.33. The van der Waals surface area contributed by atoms with E-state index in [4.69, 9.17) is 5.73 Å². The van der Waals surface area contributed by atoms with Crippen molar-refractivity contribution in [3.8, 4) is 10.6 Å². The molecule has 0 saturated carbocycles. The van der Waals surface area contributed by atoms with E-state index in [0.717, 1.165) is 10.6 Å². The van der Waals surface area contributed by atoms with Gasteiger partial charge in [0.2, 0.25) is 5.78 Å². The van der Waals surface area contributed by atoms with Crippen LogP contribution in [-0.2, 0) is 0 Å². The number of aromatic nitrogens is 1. The van der Waals surface area contributed by atoms with Crippen molar-refractivity contribution in [1.29, 1.82) is 0 Å². The van der Waals surface area contributed by atoms with Crippen molar-refractivity contribution >= 4 is 22.9 Å². The molecule has 0 bridgehead atoms. The number of ketones is 1. The summed E-state index contributed by atoms with van der Waals surface area (Å²) in [5.74, 6) is 0.213. The van der Waals surface area contributed by atoms with Gasteiger partial charge in [-0.3, -0.25) is 4.79 Å². The Morgan fingerprint density at radius 2 is 1.55 bits per heavy atom. The minimum Gasteiger partial charge on any atom is -0.382 e. The number of hydrogen-bond donors (Lipinski definition) is 1. The van der Waals surface area contributed by atoms with Crippen LogP contribution in [0.5, 0.6) is 0 Å². The van der Waals surface area contributed by atoms with Gasteiger partial charge in [-0.1, -0.05) is 60.7 Å². The highest BCUT2D eigenvalue weighted by molar-refractivity contribution is 7.17. The summed E-state index contributed by atoms with van der Waals surface area (Å²) < 4.78 is 0. The van der Waals surface area contributed by atoms with E-state index in [9.17, 15) is 4.79 Å². The lowest BCUT2D eigenvalue weighted by Crippen LogP contribution is -2.02. The third-order valence-electron chi connectivity index (χ3n) is 2.92. The zero-order valence-corrected chi connectivity index (χ0v) is 11.4. The van der Waals surface area contributed by atoms with Crippen LogP contribution in [0.15, 0.2) is 60.7 Å². The van der Waals surface area contributed by atoms with E-state index < -0.39 is 0 Å². The van der Waals surface area contributed by atoms with Gasteiger partial charge in [-0.25, -0.2) is 4.98 Å². The Kier molecular flexibility index (Phi) is 3.31. The molecular formula is C16H12N2OS. The van der Waals surface area contributed by atoms with Crippen molar-refractivity contribution in [3.63, 3.8) is 0 Å². The average Bonchev–Trinajstić information content (AvgIpc) is 2.90. The summed E-state index contributed by atoms with van der Waals surface area (Å²) in [5, 5.41) is 0.766. The fourth-order valence-electron chi connectivity index (χ4n) is 1.92. The lowest BCUT2D eigenvalue weighted by Gasteiger charge is -1.97. The number of nitrogens with two attached hydrogens (primary N) is 1. The zero-order chi connectivity index (χ0) is 13.9. The SMILES string of the molecule is Nc1nc(-c2ccccc2)sc1C(=O)c1ccccc1. The first-order valence-electron chi connectivity index (χ1n) is 6.17. The summed E-state index contributed by atoms with van der Waals surface area (Å²) in [4.78, 5) is 17.2. The maximum Gasteiger partial charge on any atom is 0.206 e. The number of anilines is 1. The second kappa shape index (κ2) is 5.27. The second-order valence-corrected chi connectivity index (χ2v) is 5.29. The normalized spacial score (nSPS) is 10.4. The van der Waals surface area contributed by atoms with Crippen LogP contribution in [0.4, 0.5) is 5.82 Å². The van der Waals surface area contributed by atoms with Gasteiger partial charge in [-0.05, 0) is 0 Å². The molecule has 0 saturated heterocycles. The first-order chi connectivity index (χ1) is 9.75. The Hall–Kier alpha value is -2.46. The van der Waals surface area contributed by atoms with Crippen LogP contribution in [0, 0.1) is 0 Å². The summed E-state index contributed by atoms with van der Waals surface area (Å²) in [6.45, 7) is 0. The fourth-order valence-corrected chi connectivity index (χ4v) is 2.87. The van der Waals surface area contributed by atoms with Crippen LogP contribution in [0.1, 0.15) is 15.2 Å². The number of carbonyl (C=O) groups is 1. The molecule has 0 spiro atoms. The quantitative estimate of drug-likeness (QED) is 0.745. The molecule has 98 valence electrons. The molecule has 2 aromatic carbocycles. The van der Waals surface area contributed by atoms with Crippen molar-refractivity contribution in [2.24, 2.45) is 0 Å². The number of benzene rings is 2. The van der Waals surface area contributed by atoms with Crippen molar-refractivity contribution in [2.75, 3.05) is 5.73 Å². The summed E-state index contributed by atoms with van der Waals surface area (Å²) in [7, 11) is 0. The maximum absolute atomic E-state index is 12.4. The summed E-state index contributed by atoms with van der Waals surface area (Å²) in [5.41, 5.74) is 7.49. The van der Waals surface area contributed by atoms with Gasteiger partial charge < -0.3 is 5.73 Å². The maximum atomic E-state index is 12.4. The molecule has 0 amide bonds. The highest BCUT2D eigenvalue weighted by atomic mass is 32.1. The van der Waals surface area contributed by atoms with Crippen LogP contribution in [0.3, 0.4) is 0 Å². The Morgan fingerprint density at radius 3 is 2.20 bits per heavy atom. The minimum atomic E-state index is -0.0808. The van der Waals surface area contributed by atoms with Crippen molar-refractivity contribution < 1.29 is 4.79 Å². The van der Waals surface area contributed by atoms with E-state index in [1.54, 1.807) is 12.1 Å². The third kappa shape index (κ3) is 2.33. The Bertz CT molecular complexity index is 736. The molecule has 20 heavy (non-hydrogen) atoms. The molecule has 3 aromatic rings. The molecule has 2 N–H and O–H groups in total. The van der Waals surface area contributed by atoms with Crippen LogP contribution in [0.25, 0.3) is 10.6 Å². The molecule has 0 unspecified atom stereocenters. The highest BCUT2D eigenvalue weighted by Gasteiger charge is 2.18. The zero-order valence-electron chi connectivity index (χ0n) is 10.6. The van der Waals surface area contributed by atoms with Gasteiger partial charge in [-0.15, -0.1) is 11.3 Å². The van der Waals surface area contributed by atoms with Crippen LogP contribution >= 0.6 is 11.3 Å². The molecule has 4 heteroatoms.